The van der Waals surface area contributed by atoms with Gasteiger partial charge in [-0.2, -0.15) is 0 Å². The van der Waals surface area contributed by atoms with Gasteiger partial charge in [0.15, 0.2) is 0 Å². The van der Waals surface area contributed by atoms with Crippen LogP contribution in [0.3, 0.4) is 0 Å². The average molecular weight is 321 g/mol. The van der Waals surface area contributed by atoms with Crippen molar-refractivity contribution in [2.24, 2.45) is 5.73 Å². The molecule has 0 bridgehead atoms. The third-order valence-electron chi connectivity index (χ3n) is 1.26. The van der Waals surface area contributed by atoms with Crippen LogP contribution in [0.5, 0.6) is 0 Å². The van der Waals surface area contributed by atoms with Crippen molar-refractivity contribution in [3.05, 3.63) is 19.2 Å². The zero-order valence-electron chi connectivity index (χ0n) is 5.73. The summed E-state index contributed by atoms with van der Waals surface area (Å²) in [6, 6.07) is 0.420. The molecule has 0 spiro atoms. The van der Waals surface area contributed by atoms with E-state index in [0.717, 1.165) is 8.26 Å². The molecule has 0 aromatic carbocycles. The second kappa shape index (κ2) is 4.13. The predicted molar refractivity (Wildman–Crippen MR) is 52.7 cm³/mol. The molecule has 0 aliphatic carbocycles. The van der Waals surface area contributed by atoms with Crippen molar-refractivity contribution in [1.29, 1.82) is 0 Å². The van der Waals surface area contributed by atoms with Crippen molar-refractivity contribution < 1.29 is 8.78 Å². The minimum absolute atomic E-state index is 0.476. The van der Waals surface area contributed by atoms with Crippen molar-refractivity contribution in [3.8, 4) is 0 Å². The molecule has 0 aliphatic heterocycles. The van der Waals surface area contributed by atoms with Crippen molar-refractivity contribution in [1.82, 2.24) is 0 Å². The SMILES string of the molecule is N[C@@H](c1cc(Br)c(Br)s1)C(F)F. The molecule has 12 heavy (non-hydrogen) atoms. The molecule has 0 unspecified atom stereocenters. The Labute approximate surface area is 89.2 Å². The highest BCUT2D eigenvalue weighted by Gasteiger charge is 2.20. The van der Waals surface area contributed by atoms with Gasteiger partial charge in [-0.3, -0.25) is 0 Å². The van der Waals surface area contributed by atoms with E-state index in [2.05, 4.69) is 31.9 Å². The van der Waals surface area contributed by atoms with Crippen molar-refractivity contribution in [2.45, 2.75) is 12.5 Å². The lowest BCUT2D eigenvalue weighted by Gasteiger charge is -2.05. The molecule has 6 heteroatoms. The summed E-state index contributed by atoms with van der Waals surface area (Å²) in [6.07, 6.45) is -2.51. The summed E-state index contributed by atoms with van der Waals surface area (Å²) >= 11 is 7.62. The predicted octanol–water partition coefficient (Wildman–Crippen LogP) is 3.54. The quantitative estimate of drug-likeness (QED) is 0.886. The minimum Gasteiger partial charge on any atom is -0.319 e. The molecular weight excluding hydrogens is 316 g/mol. The number of alkyl halides is 2. The van der Waals surface area contributed by atoms with Crippen LogP contribution in [-0.2, 0) is 0 Å². The van der Waals surface area contributed by atoms with Crippen LogP contribution >= 0.6 is 43.2 Å². The molecular formula is C6H5Br2F2NS. The second-order valence-corrected chi connectivity index (χ2v) is 5.39. The fourth-order valence-corrected chi connectivity index (χ4v) is 2.75. The van der Waals surface area contributed by atoms with E-state index in [-0.39, 0.29) is 0 Å². The van der Waals surface area contributed by atoms with E-state index < -0.39 is 12.5 Å². The summed E-state index contributed by atoms with van der Waals surface area (Å²) in [5, 5.41) is 0. The van der Waals surface area contributed by atoms with E-state index in [0.29, 0.717) is 4.88 Å². The van der Waals surface area contributed by atoms with E-state index in [9.17, 15) is 8.78 Å². The van der Waals surface area contributed by atoms with E-state index in [1.807, 2.05) is 0 Å². The van der Waals surface area contributed by atoms with Crippen molar-refractivity contribution in [2.75, 3.05) is 0 Å². The Hall–Kier alpha value is 0.480. The number of hydrogen-bond acceptors (Lipinski definition) is 2. The Morgan fingerprint density at radius 3 is 2.33 bits per heavy atom. The number of rotatable bonds is 2. The first-order valence-corrected chi connectivity index (χ1v) is 5.41. The van der Waals surface area contributed by atoms with Crippen LogP contribution in [0, 0.1) is 0 Å². The van der Waals surface area contributed by atoms with Gasteiger partial charge in [0, 0.05) is 9.35 Å². The van der Waals surface area contributed by atoms with Crippen LogP contribution in [0.25, 0.3) is 0 Å². The molecule has 1 atom stereocenters. The van der Waals surface area contributed by atoms with Gasteiger partial charge in [-0.25, -0.2) is 8.78 Å². The van der Waals surface area contributed by atoms with Crippen molar-refractivity contribution >= 4 is 43.2 Å². The molecule has 0 aliphatic rings. The Morgan fingerprint density at radius 1 is 1.42 bits per heavy atom. The third kappa shape index (κ3) is 2.25. The maximum absolute atomic E-state index is 12.1. The van der Waals surface area contributed by atoms with E-state index in [4.69, 9.17) is 5.73 Å². The lowest BCUT2D eigenvalue weighted by atomic mass is 10.3. The zero-order valence-corrected chi connectivity index (χ0v) is 9.72. The molecule has 0 radical (unpaired) electrons. The molecule has 1 nitrogen and oxygen atoms in total. The molecule has 1 rings (SSSR count). The smallest absolute Gasteiger partial charge is 0.258 e. The first kappa shape index (κ1) is 10.6. The lowest BCUT2D eigenvalue weighted by Crippen LogP contribution is -2.17. The van der Waals surface area contributed by atoms with Gasteiger partial charge in [-0.15, -0.1) is 11.3 Å². The fourth-order valence-electron chi connectivity index (χ4n) is 0.652. The maximum Gasteiger partial charge on any atom is 0.258 e. The summed E-state index contributed by atoms with van der Waals surface area (Å²) < 4.78 is 25.8. The topological polar surface area (TPSA) is 26.0 Å². The highest BCUT2D eigenvalue weighted by molar-refractivity contribution is 9.13. The molecule has 0 saturated carbocycles. The number of thiophene rings is 1. The first-order chi connectivity index (χ1) is 5.52. The molecule has 0 fully saturated rings. The highest BCUT2D eigenvalue weighted by atomic mass is 79.9. The third-order valence-corrected chi connectivity index (χ3v) is 4.62. The standard InChI is InChI=1S/C6H5Br2F2NS/c7-2-1-3(12-5(2)8)4(11)6(9)10/h1,4,6H,11H2/t4-/m0/s1. The Balaban J connectivity index is 2.89. The van der Waals surface area contributed by atoms with Crippen LogP contribution in [0.4, 0.5) is 8.78 Å². The van der Waals surface area contributed by atoms with Gasteiger partial charge in [0.05, 0.1) is 3.79 Å². The van der Waals surface area contributed by atoms with Gasteiger partial charge < -0.3 is 5.73 Å². The van der Waals surface area contributed by atoms with Gasteiger partial charge in [-0.05, 0) is 37.9 Å². The molecule has 68 valence electrons. The Kier molecular flexibility index (Phi) is 3.63. The van der Waals surface area contributed by atoms with Crippen LogP contribution in [0.15, 0.2) is 14.3 Å². The second-order valence-electron chi connectivity index (χ2n) is 2.13. The minimum atomic E-state index is -2.51. The van der Waals surface area contributed by atoms with Crippen LogP contribution in [0.1, 0.15) is 10.9 Å². The van der Waals surface area contributed by atoms with Gasteiger partial charge >= 0.3 is 0 Å². The van der Waals surface area contributed by atoms with E-state index in [1.165, 1.54) is 11.3 Å². The first-order valence-electron chi connectivity index (χ1n) is 3.01. The highest BCUT2D eigenvalue weighted by Crippen LogP contribution is 2.36. The summed E-state index contributed by atoms with van der Waals surface area (Å²) in [7, 11) is 0. The summed E-state index contributed by atoms with van der Waals surface area (Å²) in [5.74, 6) is 0. The lowest BCUT2D eigenvalue weighted by molar-refractivity contribution is 0.118. The molecule has 0 amide bonds. The van der Waals surface area contributed by atoms with Crippen LogP contribution in [0.2, 0.25) is 0 Å². The monoisotopic (exact) mass is 319 g/mol. The van der Waals surface area contributed by atoms with Crippen LogP contribution < -0.4 is 5.73 Å². The molecule has 1 aromatic rings. The summed E-state index contributed by atoms with van der Waals surface area (Å²) in [6.45, 7) is 0. The Morgan fingerprint density at radius 2 is 2.00 bits per heavy atom. The maximum atomic E-state index is 12.1. The van der Waals surface area contributed by atoms with Crippen LogP contribution in [-0.4, -0.2) is 6.43 Å². The average Bonchev–Trinajstić information content (AvgIpc) is 2.30. The van der Waals surface area contributed by atoms with Crippen molar-refractivity contribution in [3.63, 3.8) is 0 Å². The number of halogens is 4. The number of nitrogens with two attached hydrogens (primary N) is 1. The summed E-state index contributed by atoms with van der Waals surface area (Å²) in [4.78, 5) is 0.476. The van der Waals surface area contributed by atoms with Gasteiger partial charge in [-0.1, -0.05) is 0 Å². The molecule has 1 heterocycles. The zero-order chi connectivity index (χ0) is 9.30. The number of hydrogen-bond donors (Lipinski definition) is 1. The normalized spacial score (nSPS) is 13.8. The Bertz CT molecular complexity index is 257. The molecule has 0 saturated heterocycles. The van der Waals surface area contributed by atoms with E-state index >= 15 is 0 Å². The molecule has 2 N–H and O–H groups in total. The van der Waals surface area contributed by atoms with E-state index in [1.54, 1.807) is 6.07 Å². The van der Waals surface area contributed by atoms with Gasteiger partial charge in [0.1, 0.15) is 6.04 Å². The van der Waals surface area contributed by atoms with Gasteiger partial charge in [0.25, 0.3) is 6.43 Å². The van der Waals surface area contributed by atoms with Gasteiger partial charge in [0.2, 0.25) is 0 Å². The molecule has 1 aromatic heterocycles. The summed E-state index contributed by atoms with van der Waals surface area (Å²) in [5.41, 5.74) is 5.24. The largest absolute Gasteiger partial charge is 0.319 e. The fraction of sp³-hybridized carbons (Fsp3) is 0.333.